The summed E-state index contributed by atoms with van der Waals surface area (Å²) < 4.78 is 0. The first-order valence-corrected chi connectivity index (χ1v) is 11.1. The van der Waals surface area contributed by atoms with E-state index in [0.717, 1.165) is 74.2 Å². The molecular weight excluding hydrogens is 384 g/mol. The molecule has 0 unspecified atom stereocenters. The fourth-order valence-corrected chi connectivity index (χ4v) is 4.36. The number of amides is 1. The molecule has 29 heavy (non-hydrogen) atoms. The first-order chi connectivity index (χ1) is 14.0. The van der Waals surface area contributed by atoms with Crippen molar-refractivity contribution in [1.82, 2.24) is 14.9 Å². The van der Waals surface area contributed by atoms with Gasteiger partial charge in [-0.1, -0.05) is 37.1 Å². The average molecular weight is 413 g/mol. The normalized spacial score (nSPS) is 17.3. The van der Waals surface area contributed by atoms with Gasteiger partial charge in [0.15, 0.2) is 0 Å². The predicted octanol–water partition coefficient (Wildman–Crippen LogP) is 4.04. The lowest BCUT2D eigenvalue weighted by atomic mass is 9.84. The number of piperazine rings is 1. The number of hydrogen-bond acceptors (Lipinski definition) is 4. The molecular formula is C23H29ClN4O. The van der Waals surface area contributed by atoms with Crippen LogP contribution in [0.15, 0.2) is 24.3 Å². The molecule has 0 radical (unpaired) electrons. The van der Waals surface area contributed by atoms with E-state index in [4.69, 9.17) is 21.6 Å². The lowest BCUT2D eigenvalue weighted by Crippen LogP contribution is -2.51. The highest BCUT2D eigenvalue weighted by Gasteiger charge is 2.32. The van der Waals surface area contributed by atoms with Crippen LogP contribution in [0.25, 0.3) is 0 Å². The molecule has 1 amide bonds. The number of carbonyl (C=O) groups is 1. The summed E-state index contributed by atoms with van der Waals surface area (Å²) in [7, 11) is 0. The third kappa shape index (κ3) is 4.40. The summed E-state index contributed by atoms with van der Waals surface area (Å²) in [5.74, 6) is 2.46. The van der Waals surface area contributed by atoms with Crippen molar-refractivity contribution in [2.24, 2.45) is 5.92 Å². The summed E-state index contributed by atoms with van der Waals surface area (Å²) in [4.78, 5) is 26.5. The van der Waals surface area contributed by atoms with Crippen molar-refractivity contribution >= 4 is 23.3 Å². The summed E-state index contributed by atoms with van der Waals surface area (Å²) in [5.41, 5.74) is 3.51. The Hall–Kier alpha value is -2.14. The van der Waals surface area contributed by atoms with E-state index in [1.807, 2.05) is 24.0 Å². The van der Waals surface area contributed by atoms with Gasteiger partial charge in [-0.3, -0.25) is 4.79 Å². The van der Waals surface area contributed by atoms with Crippen LogP contribution < -0.4 is 4.90 Å². The summed E-state index contributed by atoms with van der Waals surface area (Å²) >= 11 is 6.06. The van der Waals surface area contributed by atoms with Gasteiger partial charge in [0.05, 0.1) is 0 Å². The lowest BCUT2D eigenvalue weighted by molar-refractivity contribution is -0.138. The third-order valence-electron chi connectivity index (χ3n) is 6.16. The summed E-state index contributed by atoms with van der Waals surface area (Å²) in [5, 5.41) is 0.747. The van der Waals surface area contributed by atoms with E-state index in [1.165, 1.54) is 17.5 Å². The minimum Gasteiger partial charge on any atom is -0.353 e. The second-order valence-corrected chi connectivity index (χ2v) is 8.55. The molecule has 1 aromatic heterocycles. The van der Waals surface area contributed by atoms with E-state index in [9.17, 15) is 4.79 Å². The van der Waals surface area contributed by atoms with Crippen molar-refractivity contribution in [3.8, 4) is 0 Å². The van der Waals surface area contributed by atoms with Crippen molar-refractivity contribution in [2.75, 3.05) is 31.1 Å². The molecule has 1 saturated carbocycles. The second kappa shape index (κ2) is 8.70. The highest BCUT2D eigenvalue weighted by Crippen LogP contribution is 2.30. The number of aryl methyl sites for hydroxylation is 2. The molecule has 1 aromatic carbocycles. The fraction of sp³-hybridized carbons (Fsp3) is 0.522. The standard InChI is InChI=1S/C23H29ClN4O/c1-3-21-20(15-17-7-9-19(24)10-8-17)22(26-16(2)25-21)27-11-13-28(14-12-27)23(29)18-5-4-6-18/h7-10,18H,3-6,11-15H2,1-2H3. The van der Waals surface area contributed by atoms with Gasteiger partial charge in [0, 0.05) is 54.8 Å². The maximum atomic E-state index is 12.6. The maximum absolute atomic E-state index is 12.6. The molecule has 0 bridgehead atoms. The summed E-state index contributed by atoms with van der Waals surface area (Å²) in [6, 6.07) is 8.01. The van der Waals surface area contributed by atoms with Crippen LogP contribution in [0.1, 0.15) is 48.8 Å². The molecule has 6 heteroatoms. The van der Waals surface area contributed by atoms with Crippen LogP contribution in [-0.4, -0.2) is 47.0 Å². The van der Waals surface area contributed by atoms with Crippen LogP contribution in [0.3, 0.4) is 0 Å². The SMILES string of the molecule is CCc1nc(C)nc(N2CCN(C(=O)C3CCC3)CC2)c1Cc1ccc(Cl)cc1. The van der Waals surface area contributed by atoms with Crippen molar-refractivity contribution in [3.05, 3.63) is 51.9 Å². The Morgan fingerprint density at radius 1 is 1.10 bits per heavy atom. The average Bonchev–Trinajstić information content (AvgIpc) is 2.69. The van der Waals surface area contributed by atoms with Gasteiger partial charge in [-0.2, -0.15) is 0 Å². The molecule has 5 nitrogen and oxygen atoms in total. The fourth-order valence-electron chi connectivity index (χ4n) is 4.23. The van der Waals surface area contributed by atoms with E-state index in [0.29, 0.717) is 5.91 Å². The molecule has 4 rings (SSSR count). The molecule has 2 aromatic rings. The number of rotatable bonds is 5. The molecule has 2 heterocycles. The Labute approximate surface area is 178 Å². The van der Waals surface area contributed by atoms with Crippen LogP contribution in [0.2, 0.25) is 5.02 Å². The van der Waals surface area contributed by atoms with Crippen molar-refractivity contribution in [2.45, 2.75) is 46.0 Å². The maximum Gasteiger partial charge on any atom is 0.225 e. The quantitative estimate of drug-likeness (QED) is 0.743. The third-order valence-corrected chi connectivity index (χ3v) is 6.41. The van der Waals surface area contributed by atoms with Crippen molar-refractivity contribution in [3.63, 3.8) is 0 Å². The largest absolute Gasteiger partial charge is 0.353 e. The van der Waals surface area contributed by atoms with E-state index in [1.54, 1.807) is 0 Å². The molecule has 1 aliphatic carbocycles. The van der Waals surface area contributed by atoms with E-state index < -0.39 is 0 Å². The first-order valence-electron chi connectivity index (χ1n) is 10.7. The highest BCUT2D eigenvalue weighted by molar-refractivity contribution is 6.30. The zero-order valence-corrected chi connectivity index (χ0v) is 18.1. The molecule has 2 fully saturated rings. The van der Waals surface area contributed by atoms with Crippen molar-refractivity contribution in [1.29, 1.82) is 0 Å². The first kappa shape index (κ1) is 20.1. The second-order valence-electron chi connectivity index (χ2n) is 8.12. The molecule has 1 aliphatic heterocycles. The van der Waals surface area contributed by atoms with Gasteiger partial charge in [-0.25, -0.2) is 9.97 Å². The van der Waals surface area contributed by atoms with Gasteiger partial charge in [0.2, 0.25) is 5.91 Å². The minimum absolute atomic E-state index is 0.273. The Morgan fingerprint density at radius 2 is 1.79 bits per heavy atom. The van der Waals surface area contributed by atoms with Crippen LogP contribution >= 0.6 is 11.6 Å². The molecule has 154 valence electrons. The number of carbonyl (C=O) groups excluding carboxylic acids is 1. The number of nitrogens with zero attached hydrogens (tertiary/aromatic N) is 4. The Balaban J connectivity index is 1.55. The molecule has 2 aliphatic rings. The number of benzene rings is 1. The summed E-state index contributed by atoms with van der Waals surface area (Å²) in [6.45, 7) is 7.31. The number of halogens is 1. The van der Waals surface area contributed by atoms with Crippen LogP contribution in [0.5, 0.6) is 0 Å². The number of anilines is 1. The molecule has 0 N–H and O–H groups in total. The van der Waals surface area contributed by atoms with Gasteiger partial charge in [0.25, 0.3) is 0 Å². The summed E-state index contributed by atoms with van der Waals surface area (Å²) in [6.07, 6.45) is 4.99. The molecule has 1 saturated heterocycles. The van der Waals surface area contributed by atoms with Gasteiger partial charge in [-0.05, 0) is 43.9 Å². The molecule has 0 spiro atoms. The molecule has 0 atom stereocenters. The lowest BCUT2D eigenvalue weighted by Gasteiger charge is -2.39. The zero-order chi connectivity index (χ0) is 20.4. The monoisotopic (exact) mass is 412 g/mol. The number of hydrogen-bond donors (Lipinski definition) is 0. The smallest absolute Gasteiger partial charge is 0.225 e. The van der Waals surface area contributed by atoms with Gasteiger partial charge in [0.1, 0.15) is 11.6 Å². The zero-order valence-electron chi connectivity index (χ0n) is 17.3. The predicted molar refractivity (Wildman–Crippen MR) is 117 cm³/mol. The van der Waals surface area contributed by atoms with E-state index >= 15 is 0 Å². The van der Waals surface area contributed by atoms with Crippen LogP contribution in [0, 0.1) is 12.8 Å². The Bertz CT molecular complexity index is 871. The topological polar surface area (TPSA) is 49.3 Å². The van der Waals surface area contributed by atoms with E-state index in [-0.39, 0.29) is 5.92 Å². The minimum atomic E-state index is 0.273. The Kier molecular flexibility index (Phi) is 6.04. The number of aromatic nitrogens is 2. The van der Waals surface area contributed by atoms with Crippen molar-refractivity contribution < 1.29 is 4.79 Å². The van der Waals surface area contributed by atoms with Crippen LogP contribution in [-0.2, 0) is 17.6 Å². The highest BCUT2D eigenvalue weighted by atomic mass is 35.5. The van der Waals surface area contributed by atoms with Gasteiger partial charge >= 0.3 is 0 Å². The van der Waals surface area contributed by atoms with Crippen LogP contribution in [0.4, 0.5) is 5.82 Å². The van der Waals surface area contributed by atoms with Gasteiger partial charge in [-0.15, -0.1) is 0 Å². The Morgan fingerprint density at radius 3 is 2.38 bits per heavy atom. The van der Waals surface area contributed by atoms with Gasteiger partial charge < -0.3 is 9.80 Å². The van der Waals surface area contributed by atoms with E-state index in [2.05, 4.69) is 24.0 Å².